The van der Waals surface area contributed by atoms with E-state index < -0.39 is 96.1 Å². The van der Waals surface area contributed by atoms with E-state index in [1.165, 1.54) is 29.5 Å². The summed E-state index contributed by atoms with van der Waals surface area (Å²) in [5.74, 6) is -1.51. The lowest BCUT2D eigenvalue weighted by Gasteiger charge is -2.41. The minimum Gasteiger partial charge on any atom is -0.408 e. The third-order valence-corrected chi connectivity index (χ3v) is 17.5. The standard InChI is InChI=1S/C33H50FN9O11P2SSi/c1-18(2)29(45)41-32-40-28-24(30(46)42-32)38-17-43(28)31-27(26(21(14-44)51-31)54-58(6,7)33(3,4)5)53-56(57,49-12-8-10-35)50-15-19-13-20(23(34)25(19)52-55(47)48)39-22-9-11-36-16-37-22/h9,11,16-21,23,25-27,31,44,55H,8,12-15H2,1-7H3,(H,47,48)(H,36,37,39)(H2,40,41,42,45,46)/t19-,20-,21-,23-,25-,26?,27-,31-,56?/m1/s1. The number of aromatic nitrogens is 6. The van der Waals surface area contributed by atoms with Gasteiger partial charge in [-0.15, -0.1) is 0 Å². The van der Waals surface area contributed by atoms with E-state index in [-0.39, 0.29) is 48.2 Å². The fourth-order valence-electron chi connectivity index (χ4n) is 6.14. The first-order chi connectivity index (χ1) is 27.3. The van der Waals surface area contributed by atoms with Crippen LogP contribution in [0, 0.1) is 23.2 Å². The molecule has 1 amide bonds. The fraction of sp³-hybridized carbons (Fsp3) is 0.667. The number of nitriles is 1. The third kappa shape index (κ3) is 10.8. The van der Waals surface area contributed by atoms with Crippen LogP contribution in [-0.4, -0.2) is 110 Å². The minimum absolute atomic E-state index is 0.00733. The number of nitrogens with zero attached hydrogens (tertiary/aromatic N) is 6. The summed E-state index contributed by atoms with van der Waals surface area (Å²) in [6.07, 6.45) is -3.75. The van der Waals surface area contributed by atoms with E-state index in [9.17, 15) is 29.4 Å². The number of rotatable bonds is 18. The Morgan fingerprint density at radius 3 is 2.64 bits per heavy atom. The third-order valence-electron chi connectivity index (χ3n) is 10.2. The molecule has 1 aliphatic heterocycles. The van der Waals surface area contributed by atoms with Crippen molar-refractivity contribution >= 4 is 63.9 Å². The Morgan fingerprint density at radius 1 is 1.28 bits per heavy atom. The van der Waals surface area contributed by atoms with Crippen molar-refractivity contribution in [2.75, 3.05) is 30.5 Å². The molecule has 1 aliphatic carbocycles. The Morgan fingerprint density at radius 2 is 2.02 bits per heavy atom. The molecule has 2 fully saturated rings. The Balaban J connectivity index is 1.53. The number of amides is 1. The number of aromatic amines is 1. The number of nitrogens with one attached hydrogen (secondary N) is 3. The van der Waals surface area contributed by atoms with E-state index in [0.717, 1.165) is 0 Å². The van der Waals surface area contributed by atoms with Gasteiger partial charge < -0.3 is 38.1 Å². The van der Waals surface area contributed by atoms with Gasteiger partial charge in [-0.3, -0.25) is 33.5 Å². The number of ether oxygens (including phenoxy) is 1. The van der Waals surface area contributed by atoms with Gasteiger partial charge in [-0.25, -0.2) is 19.3 Å². The molecule has 3 aromatic rings. The Kier molecular flexibility index (Phi) is 15.1. The van der Waals surface area contributed by atoms with Gasteiger partial charge in [-0.05, 0) is 42.4 Å². The number of aliphatic hydroxyl groups is 1. The van der Waals surface area contributed by atoms with Gasteiger partial charge in [0.25, 0.3) is 5.56 Å². The number of imidazole rings is 1. The summed E-state index contributed by atoms with van der Waals surface area (Å²) < 4.78 is 66.5. The van der Waals surface area contributed by atoms with Crippen LogP contribution >= 0.6 is 15.0 Å². The number of hydrogen-bond acceptors (Lipinski definition) is 17. The predicted molar refractivity (Wildman–Crippen MR) is 215 cm³/mol. The monoisotopic (exact) mass is 889 g/mol. The highest BCUT2D eigenvalue weighted by Gasteiger charge is 2.54. The van der Waals surface area contributed by atoms with E-state index in [4.69, 9.17) is 39.1 Å². The molecule has 320 valence electrons. The lowest BCUT2D eigenvalue weighted by Crippen LogP contribution is -2.50. The van der Waals surface area contributed by atoms with Crippen LogP contribution in [0.2, 0.25) is 18.1 Å². The summed E-state index contributed by atoms with van der Waals surface area (Å²) in [4.78, 5) is 54.6. The summed E-state index contributed by atoms with van der Waals surface area (Å²) >= 11 is 5.97. The van der Waals surface area contributed by atoms with Gasteiger partial charge in [0.1, 0.15) is 42.7 Å². The maximum atomic E-state index is 15.9. The summed E-state index contributed by atoms with van der Waals surface area (Å²) in [5.41, 5.74) is -0.759. The molecule has 1 saturated heterocycles. The van der Waals surface area contributed by atoms with Gasteiger partial charge in [-0.1, -0.05) is 34.6 Å². The molecule has 3 unspecified atom stereocenters. The van der Waals surface area contributed by atoms with E-state index in [1.807, 2.05) is 39.9 Å². The number of alkyl halides is 1. The molecule has 58 heavy (non-hydrogen) atoms. The number of aliphatic hydroxyl groups excluding tert-OH is 1. The normalized spacial score (nSPS) is 26.7. The van der Waals surface area contributed by atoms with E-state index in [2.05, 4.69) is 35.6 Å². The molecular formula is C33H50FN9O11P2SSi. The second-order valence-electron chi connectivity index (χ2n) is 15.7. The second-order valence-corrected chi connectivity index (χ2v) is 24.1. The maximum absolute atomic E-state index is 15.9. The molecule has 2 aliphatic rings. The number of carbonyl (C=O) groups excluding carboxylic acids is 1. The van der Waals surface area contributed by atoms with Gasteiger partial charge in [0.05, 0.1) is 44.7 Å². The summed E-state index contributed by atoms with van der Waals surface area (Å²) in [7, 11) is -6.30. The molecule has 20 nitrogen and oxygen atoms in total. The fourth-order valence-corrected chi connectivity index (χ4v) is 10.1. The number of fused-ring (bicyclic) bond motifs is 1. The van der Waals surface area contributed by atoms with Gasteiger partial charge in [0.2, 0.25) is 11.9 Å². The first-order valence-corrected chi connectivity index (χ1v) is 25.2. The van der Waals surface area contributed by atoms with Crippen molar-refractivity contribution < 1.29 is 51.0 Å². The zero-order valence-electron chi connectivity index (χ0n) is 33.0. The molecule has 5 rings (SSSR count). The zero-order chi connectivity index (χ0) is 42.6. The number of hydrogen-bond donors (Lipinski definition) is 5. The topological polar surface area (TPSA) is 267 Å². The molecule has 25 heteroatoms. The number of H-pyrrole nitrogens is 1. The second kappa shape index (κ2) is 19.1. The van der Waals surface area contributed by atoms with Crippen LogP contribution in [0.3, 0.4) is 0 Å². The highest BCUT2D eigenvalue weighted by molar-refractivity contribution is 8.07. The number of halogens is 1. The first kappa shape index (κ1) is 46.0. The SMILES string of the molecule is CC(C)C(=O)Nc1nc2c(ncn2[C@@H]2O[C@H](CO)C(O[Si](C)(C)C(C)(C)C)[C@H]2OP(=S)(OCCC#N)OC[C@H]2C[C@@H](Nc3ccncn3)[C@@H](F)[C@@H]2O[PH](=O)O)c(=O)[nH]1. The van der Waals surface area contributed by atoms with Crippen molar-refractivity contribution in [2.45, 2.75) is 108 Å². The minimum atomic E-state index is -4.02. The Hall–Kier alpha value is -3.10. The van der Waals surface area contributed by atoms with E-state index >= 15 is 4.39 Å². The lowest BCUT2D eigenvalue weighted by atomic mass is 10.1. The lowest BCUT2D eigenvalue weighted by molar-refractivity contribution is -0.118. The van der Waals surface area contributed by atoms with Crippen molar-refractivity contribution in [3.05, 3.63) is 35.3 Å². The molecule has 0 radical (unpaired) electrons. The quantitative estimate of drug-likeness (QED) is 0.0687. The van der Waals surface area contributed by atoms with Gasteiger partial charge in [0.15, 0.2) is 25.7 Å². The Bertz CT molecular complexity index is 2070. The van der Waals surface area contributed by atoms with Gasteiger partial charge >= 0.3 is 15.0 Å². The molecule has 3 aromatic heterocycles. The van der Waals surface area contributed by atoms with Gasteiger partial charge in [-0.2, -0.15) is 10.2 Å². The zero-order valence-corrected chi connectivity index (χ0v) is 36.7. The maximum Gasteiger partial charge on any atom is 0.327 e. The predicted octanol–water partition coefficient (Wildman–Crippen LogP) is 3.95. The number of carbonyl (C=O) groups is 1. The molecule has 5 N–H and O–H groups in total. The van der Waals surface area contributed by atoms with Crippen molar-refractivity contribution in [2.24, 2.45) is 11.8 Å². The number of anilines is 2. The van der Waals surface area contributed by atoms with Gasteiger partial charge in [0, 0.05) is 18.0 Å². The van der Waals surface area contributed by atoms with Crippen LogP contribution in [0.25, 0.3) is 11.2 Å². The van der Waals surface area contributed by atoms with Crippen molar-refractivity contribution in [1.82, 2.24) is 29.5 Å². The molecular weight excluding hydrogens is 840 g/mol. The molecule has 0 bridgehead atoms. The van der Waals surface area contributed by atoms with Crippen molar-refractivity contribution in [1.29, 1.82) is 5.26 Å². The molecule has 0 spiro atoms. The highest BCUT2D eigenvalue weighted by atomic mass is 32.5. The first-order valence-electron chi connectivity index (χ1n) is 18.5. The van der Waals surface area contributed by atoms with Crippen molar-refractivity contribution in [3.8, 4) is 6.07 Å². The van der Waals surface area contributed by atoms with E-state index in [1.54, 1.807) is 13.8 Å². The van der Waals surface area contributed by atoms with Crippen LogP contribution in [-0.2, 0) is 48.4 Å². The van der Waals surface area contributed by atoms with Crippen LogP contribution in [0.5, 0.6) is 0 Å². The molecule has 1 saturated carbocycles. The largest absolute Gasteiger partial charge is 0.408 e. The summed E-state index contributed by atoms with van der Waals surface area (Å²) in [6.45, 7) is 8.24. The molecule has 0 aromatic carbocycles. The average molecular weight is 890 g/mol. The van der Waals surface area contributed by atoms with E-state index in [0.29, 0.717) is 5.82 Å². The van der Waals surface area contributed by atoms with Crippen LogP contribution in [0.1, 0.15) is 53.7 Å². The molecule has 10 atom stereocenters. The highest BCUT2D eigenvalue weighted by Crippen LogP contribution is 2.56. The Labute approximate surface area is 340 Å². The molecule has 4 heterocycles. The summed E-state index contributed by atoms with van der Waals surface area (Å²) in [6, 6.07) is 2.61. The summed E-state index contributed by atoms with van der Waals surface area (Å²) in [5, 5.41) is 25.3. The smallest absolute Gasteiger partial charge is 0.327 e. The van der Waals surface area contributed by atoms with Crippen molar-refractivity contribution in [3.63, 3.8) is 0 Å². The van der Waals surface area contributed by atoms with Crippen LogP contribution < -0.4 is 16.2 Å². The average Bonchev–Trinajstić information content (AvgIpc) is 3.80. The van der Waals surface area contributed by atoms with Crippen LogP contribution in [0.4, 0.5) is 16.2 Å². The van der Waals surface area contributed by atoms with Crippen LogP contribution in [0.15, 0.2) is 29.7 Å².